The summed E-state index contributed by atoms with van der Waals surface area (Å²) in [5.41, 5.74) is 4.13. The number of allylic oxidation sites excluding steroid dienone is 2. The molecule has 2 rings (SSSR count). The Morgan fingerprint density at radius 1 is 1.14 bits per heavy atom. The van der Waals surface area contributed by atoms with Gasteiger partial charge in [-0.05, 0) is 51.5 Å². The van der Waals surface area contributed by atoms with Crippen molar-refractivity contribution >= 4 is 28.5 Å². The monoisotopic (exact) mass is 398 g/mol. The predicted molar refractivity (Wildman–Crippen MR) is 126 cm³/mol. The maximum Gasteiger partial charge on any atom is 0.159 e. The molecule has 0 aliphatic rings. The Morgan fingerprint density at radius 3 is 2.21 bits per heavy atom. The summed E-state index contributed by atoms with van der Waals surface area (Å²) in [6, 6.07) is 8.89. The molecule has 2 aromatic rings. The minimum Gasteiger partial charge on any atom is -0.339 e. The second-order valence-corrected chi connectivity index (χ2v) is 7.11. The number of nitrogens with one attached hydrogen (secondary N) is 1. The molecule has 160 valence electrons. The largest absolute Gasteiger partial charge is 0.339 e. The molecular weight excluding hydrogens is 360 g/mol. The van der Waals surface area contributed by atoms with Crippen LogP contribution in [0, 0.1) is 6.92 Å². The summed E-state index contributed by atoms with van der Waals surface area (Å²) in [5.74, 6) is 0.169. The highest BCUT2D eigenvalue weighted by Crippen LogP contribution is 2.26. The molecule has 1 aromatic carbocycles. The molecule has 0 unspecified atom stereocenters. The van der Waals surface area contributed by atoms with Crippen LogP contribution in [-0.4, -0.2) is 28.7 Å². The van der Waals surface area contributed by atoms with Crippen molar-refractivity contribution < 1.29 is 9.59 Å². The summed E-state index contributed by atoms with van der Waals surface area (Å²) in [6.07, 6.45) is 3.82. The number of rotatable bonds is 7. The fourth-order valence-corrected chi connectivity index (χ4v) is 2.71. The number of hydrogen-bond donors (Lipinski definition) is 1. The number of para-hydroxylation sites is 1. The molecule has 0 atom stereocenters. The lowest BCUT2D eigenvalue weighted by Crippen LogP contribution is -2.26. The van der Waals surface area contributed by atoms with E-state index in [0.717, 1.165) is 18.8 Å². The van der Waals surface area contributed by atoms with Crippen molar-refractivity contribution in [3.05, 3.63) is 53.8 Å². The first kappa shape index (κ1) is 26.5. The number of Topliss-reactive ketones (excluding diaryl/α,β-unsaturated/α-hetero) is 2. The van der Waals surface area contributed by atoms with Crippen molar-refractivity contribution in [3.63, 3.8) is 0 Å². The molecule has 4 heteroatoms. The van der Waals surface area contributed by atoms with E-state index < -0.39 is 0 Å². The lowest BCUT2D eigenvalue weighted by atomic mass is 10.1. The fraction of sp³-hybridized carbons (Fsp3) is 0.440. The zero-order valence-electron chi connectivity index (χ0n) is 19.4. The van der Waals surface area contributed by atoms with E-state index in [9.17, 15) is 9.59 Å². The molecule has 1 aromatic heterocycles. The van der Waals surface area contributed by atoms with Crippen LogP contribution in [0.15, 0.2) is 42.5 Å². The van der Waals surface area contributed by atoms with Gasteiger partial charge in [-0.25, -0.2) is 0 Å². The van der Waals surface area contributed by atoms with Gasteiger partial charge < -0.3 is 14.7 Å². The van der Waals surface area contributed by atoms with Crippen molar-refractivity contribution in [2.75, 3.05) is 6.54 Å². The van der Waals surface area contributed by atoms with E-state index in [1.54, 1.807) is 6.92 Å². The van der Waals surface area contributed by atoms with Crippen LogP contribution < -0.4 is 5.32 Å². The molecule has 0 saturated heterocycles. The second kappa shape index (κ2) is 13.7. The number of carbonyl (C=O) groups excluding carboxylic acids is 2. The van der Waals surface area contributed by atoms with E-state index in [1.807, 2.05) is 26.0 Å². The normalized spacial score (nSPS) is 10.4. The van der Waals surface area contributed by atoms with Crippen LogP contribution in [0.5, 0.6) is 0 Å². The first-order valence-corrected chi connectivity index (χ1v) is 10.3. The third-order valence-corrected chi connectivity index (χ3v) is 4.06. The third kappa shape index (κ3) is 9.05. The van der Waals surface area contributed by atoms with Gasteiger partial charge in [0.15, 0.2) is 5.78 Å². The molecule has 0 radical (unpaired) electrons. The van der Waals surface area contributed by atoms with Crippen molar-refractivity contribution in [2.45, 2.75) is 68.0 Å². The number of carbonyl (C=O) groups is 2. The molecule has 29 heavy (non-hydrogen) atoms. The first-order valence-electron chi connectivity index (χ1n) is 10.3. The van der Waals surface area contributed by atoms with E-state index >= 15 is 0 Å². The Morgan fingerprint density at radius 2 is 1.69 bits per heavy atom. The van der Waals surface area contributed by atoms with E-state index in [0.29, 0.717) is 11.6 Å². The summed E-state index contributed by atoms with van der Waals surface area (Å²) >= 11 is 0. The predicted octanol–water partition coefficient (Wildman–Crippen LogP) is 5.73. The van der Waals surface area contributed by atoms with Gasteiger partial charge in [-0.1, -0.05) is 52.5 Å². The molecule has 0 fully saturated rings. The molecular formula is C25H38N2O2. The highest BCUT2D eigenvalue weighted by atomic mass is 16.1. The van der Waals surface area contributed by atoms with Crippen LogP contribution in [0.1, 0.15) is 59.7 Å². The minimum absolute atomic E-state index is 0.00281. The number of fused-ring (bicyclic) bond motifs is 1. The minimum atomic E-state index is 0.00281. The van der Waals surface area contributed by atoms with Crippen molar-refractivity contribution in [2.24, 2.45) is 0 Å². The van der Waals surface area contributed by atoms with Gasteiger partial charge in [0.1, 0.15) is 5.78 Å². The lowest BCUT2D eigenvalue weighted by Gasteiger charge is -2.12. The maximum absolute atomic E-state index is 11.4. The molecule has 1 heterocycles. The Kier molecular flexibility index (Phi) is 12.5. The van der Waals surface area contributed by atoms with Crippen molar-refractivity contribution in [3.8, 4) is 0 Å². The molecule has 4 nitrogen and oxygen atoms in total. The Balaban J connectivity index is 0.00000116. The van der Waals surface area contributed by atoms with E-state index in [1.165, 1.54) is 30.3 Å². The fourth-order valence-electron chi connectivity index (χ4n) is 2.71. The van der Waals surface area contributed by atoms with Crippen LogP contribution in [0.2, 0.25) is 0 Å². The molecule has 1 N–H and O–H groups in total. The summed E-state index contributed by atoms with van der Waals surface area (Å²) in [5, 5.41) is 4.72. The second-order valence-electron chi connectivity index (χ2n) is 7.11. The van der Waals surface area contributed by atoms with Crippen LogP contribution in [0.3, 0.4) is 0 Å². The van der Waals surface area contributed by atoms with Gasteiger partial charge in [0.05, 0.1) is 0 Å². The molecule has 0 saturated carbocycles. The first-order chi connectivity index (χ1) is 13.6. The van der Waals surface area contributed by atoms with Crippen LogP contribution >= 0.6 is 0 Å². The van der Waals surface area contributed by atoms with Gasteiger partial charge in [0.25, 0.3) is 0 Å². The number of hydrogen-bond acceptors (Lipinski definition) is 3. The Hall–Kier alpha value is -2.46. The summed E-state index contributed by atoms with van der Waals surface area (Å²) in [4.78, 5) is 20.8. The number of nitrogens with zero attached hydrogens (tertiary/aromatic N) is 1. The maximum atomic E-state index is 11.4. The summed E-state index contributed by atoms with van der Waals surface area (Å²) in [6.45, 7) is 20.6. The van der Waals surface area contributed by atoms with Crippen molar-refractivity contribution in [1.82, 2.24) is 9.88 Å². The number of aromatic nitrogens is 1. The summed E-state index contributed by atoms with van der Waals surface area (Å²) in [7, 11) is 0. The zero-order valence-corrected chi connectivity index (χ0v) is 19.4. The van der Waals surface area contributed by atoms with E-state index in [2.05, 4.69) is 61.5 Å². The number of aryl methyl sites for hydroxylation is 1. The standard InChI is InChI=1S/C20H26N2O.C3H6O.C2H6/c1-14(2)21-12-13-22-19(11-10-15(3)17(5)23)16(4)18-8-6-7-9-20(18)22;1-3(2)4;1-2/h6-11,14,21H,3,12-13H2,1-2,4-5H3;1-2H3;1-2H3/b11-10-;;. The van der Waals surface area contributed by atoms with Gasteiger partial charge in [-0.3, -0.25) is 4.79 Å². The number of benzene rings is 1. The van der Waals surface area contributed by atoms with Gasteiger partial charge >= 0.3 is 0 Å². The van der Waals surface area contributed by atoms with Gasteiger partial charge in [0.2, 0.25) is 0 Å². The highest BCUT2D eigenvalue weighted by molar-refractivity contribution is 5.97. The Bertz CT molecular complexity index is 838. The molecule has 0 aliphatic heterocycles. The van der Waals surface area contributed by atoms with E-state index in [-0.39, 0.29) is 11.6 Å². The average Bonchev–Trinajstić information content (AvgIpc) is 2.92. The molecule has 0 bridgehead atoms. The van der Waals surface area contributed by atoms with Crippen LogP contribution in [-0.2, 0) is 16.1 Å². The van der Waals surface area contributed by atoms with Gasteiger partial charge in [-0.2, -0.15) is 0 Å². The van der Waals surface area contributed by atoms with Gasteiger partial charge in [0, 0.05) is 41.3 Å². The van der Waals surface area contributed by atoms with Crippen molar-refractivity contribution in [1.29, 1.82) is 0 Å². The van der Waals surface area contributed by atoms with Crippen LogP contribution in [0.25, 0.3) is 17.0 Å². The SMILES string of the molecule is C=C(/C=C\c1c(C)c2ccccc2n1CCNC(C)C)C(C)=O.CC.CC(C)=O. The average molecular weight is 399 g/mol. The lowest BCUT2D eigenvalue weighted by molar-refractivity contribution is -0.115. The topological polar surface area (TPSA) is 51.1 Å². The van der Waals surface area contributed by atoms with Crippen LogP contribution in [0.4, 0.5) is 0 Å². The third-order valence-electron chi connectivity index (χ3n) is 4.06. The quantitative estimate of drug-likeness (QED) is 0.479. The zero-order chi connectivity index (χ0) is 22.6. The molecule has 0 amide bonds. The summed E-state index contributed by atoms with van der Waals surface area (Å²) < 4.78 is 2.31. The Labute approximate surface area is 176 Å². The molecule has 0 aliphatic carbocycles. The smallest absolute Gasteiger partial charge is 0.159 e. The highest BCUT2D eigenvalue weighted by Gasteiger charge is 2.11. The number of ketones is 2. The van der Waals surface area contributed by atoms with E-state index in [4.69, 9.17) is 0 Å². The molecule has 0 spiro atoms. The van der Waals surface area contributed by atoms with Gasteiger partial charge in [-0.15, -0.1) is 0 Å².